The highest BCUT2D eigenvalue weighted by atomic mass is 16.5. The maximum Gasteiger partial charge on any atom is 0.290 e. The first-order chi connectivity index (χ1) is 13.7. The van der Waals surface area contributed by atoms with Crippen molar-refractivity contribution in [1.82, 2.24) is 4.90 Å². The van der Waals surface area contributed by atoms with E-state index in [1.54, 1.807) is 0 Å². The highest BCUT2D eigenvalue weighted by molar-refractivity contribution is 5.32. The van der Waals surface area contributed by atoms with Gasteiger partial charge in [-0.3, -0.25) is 9.69 Å². The third kappa shape index (κ3) is 3.78. The standard InChI is InChI=1S/C21H29NO3.CH2O2/c23-13-18-19-12-22(14-21(19)10-9-20(18)25-21)11-15-5-7-17(8-6-15)24-16-3-1-2-4-16;2-1-3/h5-8,16,18-20,23H,1-4,9-14H2;1H,(H,2,3)/t18-,19+,20+,21+;/m0./s1. The van der Waals surface area contributed by atoms with Crippen molar-refractivity contribution in [1.29, 1.82) is 0 Å². The van der Waals surface area contributed by atoms with Crippen LogP contribution >= 0.6 is 0 Å². The fraction of sp³-hybridized carbons (Fsp3) is 0.682. The lowest BCUT2D eigenvalue weighted by Gasteiger charge is -2.28. The van der Waals surface area contributed by atoms with Gasteiger partial charge in [0.2, 0.25) is 0 Å². The zero-order valence-electron chi connectivity index (χ0n) is 16.3. The lowest BCUT2D eigenvalue weighted by molar-refractivity contribution is -0.122. The molecule has 1 aromatic carbocycles. The summed E-state index contributed by atoms with van der Waals surface area (Å²) in [7, 11) is 0. The zero-order valence-corrected chi connectivity index (χ0v) is 16.3. The molecule has 1 saturated carbocycles. The minimum Gasteiger partial charge on any atom is -0.490 e. The first-order valence-electron chi connectivity index (χ1n) is 10.5. The van der Waals surface area contributed by atoms with Crippen molar-refractivity contribution in [2.24, 2.45) is 11.8 Å². The molecular weight excluding hydrogens is 358 g/mol. The average molecular weight is 389 g/mol. The molecule has 5 rings (SSSR count). The molecule has 3 aliphatic heterocycles. The van der Waals surface area contributed by atoms with Crippen LogP contribution in [0.5, 0.6) is 5.75 Å². The van der Waals surface area contributed by atoms with Gasteiger partial charge in [-0.2, -0.15) is 0 Å². The van der Waals surface area contributed by atoms with Crippen LogP contribution in [0.15, 0.2) is 24.3 Å². The summed E-state index contributed by atoms with van der Waals surface area (Å²) in [6, 6.07) is 8.67. The van der Waals surface area contributed by atoms with Crippen molar-refractivity contribution < 1.29 is 24.5 Å². The minimum absolute atomic E-state index is 0.0313. The second-order valence-corrected chi connectivity index (χ2v) is 8.66. The number of rotatable bonds is 5. The highest BCUT2D eigenvalue weighted by Crippen LogP contribution is 2.54. The number of fused-ring (bicyclic) bond motifs is 1. The molecule has 1 spiro atoms. The van der Waals surface area contributed by atoms with E-state index in [-0.39, 0.29) is 18.7 Å². The molecule has 6 nitrogen and oxygen atoms in total. The van der Waals surface area contributed by atoms with Crippen LogP contribution in [0.1, 0.15) is 44.1 Å². The van der Waals surface area contributed by atoms with Crippen molar-refractivity contribution in [3.63, 3.8) is 0 Å². The molecule has 4 atom stereocenters. The molecule has 6 heteroatoms. The lowest BCUT2D eigenvalue weighted by Crippen LogP contribution is -2.37. The Bertz CT molecular complexity index is 659. The van der Waals surface area contributed by atoms with Crippen molar-refractivity contribution in [2.75, 3.05) is 19.7 Å². The van der Waals surface area contributed by atoms with Gasteiger partial charge in [0.25, 0.3) is 6.47 Å². The minimum atomic E-state index is -0.250. The second-order valence-electron chi connectivity index (χ2n) is 8.66. The smallest absolute Gasteiger partial charge is 0.290 e. The van der Waals surface area contributed by atoms with Crippen LogP contribution in [0.3, 0.4) is 0 Å². The molecule has 4 aliphatic rings. The van der Waals surface area contributed by atoms with Gasteiger partial charge in [-0.25, -0.2) is 0 Å². The monoisotopic (exact) mass is 389 g/mol. The average Bonchev–Trinajstić information content (AvgIpc) is 3.44. The van der Waals surface area contributed by atoms with Crippen LogP contribution in [0.4, 0.5) is 0 Å². The SMILES string of the molecule is O=CO.OC[C@H]1[C@H]2CN(Cc3ccc(OC4CCCC4)cc3)C[C@]23CC[C@H]1O3. The maximum atomic E-state index is 9.74. The molecule has 1 aliphatic carbocycles. The summed E-state index contributed by atoms with van der Waals surface area (Å²) in [6.07, 6.45) is 8.04. The van der Waals surface area contributed by atoms with E-state index in [4.69, 9.17) is 19.4 Å². The van der Waals surface area contributed by atoms with Gasteiger partial charge >= 0.3 is 0 Å². The van der Waals surface area contributed by atoms with Crippen LogP contribution in [-0.4, -0.2) is 59.1 Å². The van der Waals surface area contributed by atoms with Crippen molar-refractivity contribution in [3.8, 4) is 5.75 Å². The molecule has 2 bridgehead atoms. The molecule has 3 heterocycles. The van der Waals surface area contributed by atoms with Gasteiger partial charge in [0.1, 0.15) is 5.75 Å². The number of nitrogens with zero attached hydrogens (tertiary/aromatic N) is 1. The van der Waals surface area contributed by atoms with Crippen LogP contribution in [0.25, 0.3) is 0 Å². The maximum absolute atomic E-state index is 9.74. The number of carbonyl (C=O) groups is 1. The van der Waals surface area contributed by atoms with E-state index in [1.807, 2.05) is 0 Å². The molecule has 28 heavy (non-hydrogen) atoms. The third-order valence-electron chi connectivity index (χ3n) is 7.00. The summed E-state index contributed by atoms with van der Waals surface area (Å²) in [5, 5.41) is 16.6. The number of aliphatic hydroxyl groups excluding tert-OH is 1. The molecule has 154 valence electrons. The molecule has 3 saturated heterocycles. The molecule has 0 radical (unpaired) electrons. The molecule has 2 N–H and O–H groups in total. The molecule has 0 unspecified atom stereocenters. The third-order valence-corrected chi connectivity index (χ3v) is 7.00. The van der Waals surface area contributed by atoms with Crippen LogP contribution in [-0.2, 0) is 16.1 Å². The van der Waals surface area contributed by atoms with Crippen LogP contribution < -0.4 is 4.74 Å². The largest absolute Gasteiger partial charge is 0.490 e. The molecular formula is C22H31NO5. The fourth-order valence-electron chi connectivity index (χ4n) is 5.78. The Morgan fingerprint density at radius 2 is 1.93 bits per heavy atom. The number of carboxylic acid groups (broad SMARTS) is 1. The zero-order chi connectivity index (χ0) is 19.6. The first-order valence-corrected chi connectivity index (χ1v) is 10.5. The highest BCUT2D eigenvalue weighted by Gasteiger charge is 2.62. The predicted molar refractivity (Wildman–Crippen MR) is 104 cm³/mol. The van der Waals surface area contributed by atoms with Gasteiger partial charge in [-0.15, -0.1) is 0 Å². The Kier molecular flexibility index (Phi) is 5.90. The van der Waals surface area contributed by atoms with Crippen molar-refractivity contribution in [3.05, 3.63) is 29.8 Å². The lowest BCUT2D eigenvalue weighted by atomic mass is 9.74. The number of hydrogen-bond donors (Lipinski definition) is 2. The van der Waals surface area contributed by atoms with E-state index in [1.165, 1.54) is 37.7 Å². The van der Waals surface area contributed by atoms with Gasteiger partial charge in [0.15, 0.2) is 0 Å². The normalized spacial score (nSPS) is 34.1. The van der Waals surface area contributed by atoms with E-state index < -0.39 is 0 Å². The van der Waals surface area contributed by atoms with E-state index in [0.29, 0.717) is 24.0 Å². The molecule has 1 aromatic rings. The summed E-state index contributed by atoms with van der Waals surface area (Å²) in [5.41, 5.74) is 1.37. The molecule has 0 amide bonds. The van der Waals surface area contributed by atoms with E-state index in [2.05, 4.69) is 29.2 Å². The quantitative estimate of drug-likeness (QED) is 0.754. The Labute approximate surface area is 166 Å². The fourth-order valence-corrected chi connectivity index (χ4v) is 5.78. The van der Waals surface area contributed by atoms with Crippen molar-refractivity contribution in [2.45, 2.75) is 62.9 Å². The van der Waals surface area contributed by atoms with E-state index in [0.717, 1.165) is 31.8 Å². The molecule has 4 fully saturated rings. The van der Waals surface area contributed by atoms with Crippen molar-refractivity contribution >= 4 is 6.47 Å². The Morgan fingerprint density at radius 1 is 1.21 bits per heavy atom. The Hall–Kier alpha value is -1.63. The van der Waals surface area contributed by atoms with Crippen LogP contribution in [0, 0.1) is 11.8 Å². The van der Waals surface area contributed by atoms with Crippen LogP contribution in [0.2, 0.25) is 0 Å². The first kappa shape index (κ1) is 19.7. The summed E-state index contributed by atoms with van der Waals surface area (Å²) in [6.45, 7) is 3.07. The summed E-state index contributed by atoms with van der Waals surface area (Å²) in [5.74, 6) is 1.87. The second kappa shape index (κ2) is 8.39. The van der Waals surface area contributed by atoms with Gasteiger partial charge in [-0.05, 0) is 56.2 Å². The Morgan fingerprint density at radius 3 is 2.61 bits per heavy atom. The number of aliphatic hydroxyl groups is 1. The predicted octanol–water partition coefficient (Wildman–Crippen LogP) is 2.68. The van der Waals surface area contributed by atoms with E-state index in [9.17, 15) is 5.11 Å². The van der Waals surface area contributed by atoms with Gasteiger partial charge in [0.05, 0.1) is 17.8 Å². The van der Waals surface area contributed by atoms with Gasteiger partial charge in [-0.1, -0.05) is 12.1 Å². The van der Waals surface area contributed by atoms with Gasteiger partial charge in [0, 0.05) is 38.1 Å². The summed E-state index contributed by atoms with van der Waals surface area (Å²) >= 11 is 0. The Balaban J connectivity index is 0.000000604. The number of benzene rings is 1. The number of likely N-dealkylation sites (tertiary alicyclic amines) is 1. The van der Waals surface area contributed by atoms with Gasteiger partial charge < -0.3 is 19.7 Å². The molecule has 0 aromatic heterocycles. The topological polar surface area (TPSA) is 79.2 Å². The van der Waals surface area contributed by atoms with E-state index >= 15 is 0 Å². The number of ether oxygens (including phenoxy) is 2. The summed E-state index contributed by atoms with van der Waals surface area (Å²) in [4.78, 5) is 10.9. The number of hydrogen-bond acceptors (Lipinski definition) is 5. The summed E-state index contributed by atoms with van der Waals surface area (Å²) < 4.78 is 12.4.